The highest BCUT2D eigenvalue weighted by atomic mass is 32.2. The minimum atomic E-state index is -3.71. The van der Waals surface area contributed by atoms with Gasteiger partial charge in [-0.1, -0.05) is 24.3 Å². The molecule has 0 amide bonds. The number of methoxy groups -OCH3 is 1. The van der Waals surface area contributed by atoms with Crippen LogP contribution in [0.4, 0.5) is 5.69 Å². The average molecular weight is 400 g/mol. The topological polar surface area (TPSA) is 73.2 Å². The van der Waals surface area contributed by atoms with Gasteiger partial charge in [-0.2, -0.15) is 5.10 Å². The van der Waals surface area contributed by atoms with Crippen LogP contribution in [-0.4, -0.2) is 25.3 Å². The van der Waals surface area contributed by atoms with Crippen LogP contribution in [0.15, 0.2) is 47.4 Å². The van der Waals surface area contributed by atoms with Crippen LogP contribution in [0.25, 0.3) is 0 Å². The van der Waals surface area contributed by atoms with E-state index < -0.39 is 10.0 Å². The quantitative estimate of drug-likeness (QED) is 0.681. The molecule has 0 spiro atoms. The number of aryl methyl sites for hydroxylation is 3. The molecule has 3 rings (SSSR count). The lowest BCUT2D eigenvalue weighted by molar-refractivity contribution is 0.414. The fraction of sp³-hybridized carbons (Fsp3) is 0.286. The van der Waals surface area contributed by atoms with E-state index in [0.29, 0.717) is 23.5 Å². The van der Waals surface area contributed by atoms with Crippen molar-refractivity contribution in [3.63, 3.8) is 0 Å². The fourth-order valence-corrected chi connectivity index (χ4v) is 4.64. The van der Waals surface area contributed by atoms with Crippen molar-refractivity contribution >= 4 is 15.7 Å². The van der Waals surface area contributed by atoms with Crippen LogP contribution in [0.1, 0.15) is 28.1 Å². The Morgan fingerprint density at radius 1 is 1.07 bits per heavy atom. The third-order valence-electron chi connectivity index (χ3n) is 4.72. The molecule has 0 aliphatic rings. The van der Waals surface area contributed by atoms with E-state index >= 15 is 0 Å². The lowest BCUT2D eigenvalue weighted by atomic mass is 10.2. The molecule has 0 aliphatic heterocycles. The Kier molecular flexibility index (Phi) is 5.47. The number of hydrogen-bond donors (Lipinski definition) is 1. The van der Waals surface area contributed by atoms with Gasteiger partial charge < -0.3 is 4.74 Å². The van der Waals surface area contributed by atoms with Gasteiger partial charge in [0.1, 0.15) is 5.75 Å². The van der Waals surface area contributed by atoms with E-state index in [1.54, 1.807) is 31.7 Å². The molecule has 1 aromatic heterocycles. The zero-order chi connectivity index (χ0) is 20.5. The molecule has 0 aliphatic carbocycles. The van der Waals surface area contributed by atoms with Crippen molar-refractivity contribution in [1.29, 1.82) is 0 Å². The summed E-state index contributed by atoms with van der Waals surface area (Å²) in [6, 6.07) is 13.1. The van der Waals surface area contributed by atoms with Crippen molar-refractivity contribution in [3.05, 3.63) is 70.5 Å². The third-order valence-corrected chi connectivity index (χ3v) is 6.21. The number of aromatic nitrogens is 2. The Morgan fingerprint density at radius 2 is 1.82 bits per heavy atom. The molecule has 2 aromatic carbocycles. The number of hydrogen-bond acceptors (Lipinski definition) is 4. The number of ether oxygens (including phenoxy) is 1. The maximum absolute atomic E-state index is 13.0. The van der Waals surface area contributed by atoms with Crippen molar-refractivity contribution in [2.75, 3.05) is 11.8 Å². The van der Waals surface area contributed by atoms with Gasteiger partial charge >= 0.3 is 0 Å². The predicted molar refractivity (Wildman–Crippen MR) is 111 cm³/mol. The maximum atomic E-state index is 13.0. The Bertz CT molecular complexity index is 1120. The zero-order valence-corrected chi connectivity index (χ0v) is 17.6. The molecule has 0 bridgehead atoms. The Hall–Kier alpha value is -2.80. The number of benzene rings is 2. The highest BCUT2D eigenvalue weighted by Crippen LogP contribution is 2.26. The summed E-state index contributed by atoms with van der Waals surface area (Å²) in [5.74, 6) is 0.773. The van der Waals surface area contributed by atoms with Crippen LogP contribution in [0, 0.1) is 27.7 Å². The fourth-order valence-electron chi connectivity index (χ4n) is 3.13. The van der Waals surface area contributed by atoms with Crippen LogP contribution >= 0.6 is 0 Å². The first-order valence-electron chi connectivity index (χ1n) is 8.98. The van der Waals surface area contributed by atoms with E-state index in [1.165, 1.54) is 0 Å². The summed E-state index contributed by atoms with van der Waals surface area (Å²) in [5, 5.41) is 4.53. The summed E-state index contributed by atoms with van der Waals surface area (Å²) < 4.78 is 35.7. The van der Waals surface area contributed by atoms with Gasteiger partial charge in [0, 0.05) is 0 Å². The zero-order valence-electron chi connectivity index (χ0n) is 16.8. The second-order valence-electron chi connectivity index (χ2n) is 6.93. The molecule has 0 saturated carbocycles. The SMILES string of the molecule is COc1cccc(Cn2nc(C)c(NS(=O)(=O)c3cc(C)ccc3C)c2C)c1. The molecular formula is C21H25N3O3S. The minimum Gasteiger partial charge on any atom is -0.497 e. The number of nitrogens with one attached hydrogen (secondary N) is 1. The highest BCUT2D eigenvalue weighted by molar-refractivity contribution is 7.92. The first-order chi connectivity index (χ1) is 13.2. The molecule has 1 N–H and O–H groups in total. The average Bonchev–Trinajstić information content (AvgIpc) is 2.91. The van der Waals surface area contributed by atoms with Crippen molar-refractivity contribution in [3.8, 4) is 5.75 Å². The first kappa shape index (κ1) is 19.9. The van der Waals surface area contributed by atoms with Crippen molar-refractivity contribution < 1.29 is 13.2 Å². The molecule has 28 heavy (non-hydrogen) atoms. The number of rotatable bonds is 6. The van der Waals surface area contributed by atoms with E-state index in [9.17, 15) is 8.42 Å². The molecule has 0 radical (unpaired) electrons. The van der Waals surface area contributed by atoms with Crippen molar-refractivity contribution in [2.45, 2.75) is 39.1 Å². The Labute approximate surface area is 166 Å². The molecule has 7 heteroatoms. The highest BCUT2D eigenvalue weighted by Gasteiger charge is 2.21. The van der Waals surface area contributed by atoms with Gasteiger partial charge in [-0.15, -0.1) is 0 Å². The summed E-state index contributed by atoms with van der Waals surface area (Å²) >= 11 is 0. The van der Waals surface area contributed by atoms with E-state index in [2.05, 4.69) is 9.82 Å². The smallest absolute Gasteiger partial charge is 0.262 e. The minimum absolute atomic E-state index is 0.284. The number of anilines is 1. The molecule has 0 unspecified atom stereocenters. The predicted octanol–water partition coefficient (Wildman–Crippen LogP) is 3.97. The van der Waals surface area contributed by atoms with E-state index in [0.717, 1.165) is 22.6 Å². The second-order valence-corrected chi connectivity index (χ2v) is 8.58. The van der Waals surface area contributed by atoms with Gasteiger partial charge in [0.15, 0.2) is 0 Å². The van der Waals surface area contributed by atoms with Gasteiger partial charge in [0.05, 0.1) is 35.6 Å². The van der Waals surface area contributed by atoms with Crippen LogP contribution in [0.5, 0.6) is 5.75 Å². The van der Waals surface area contributed by atoms with Crippen LogP contribution in [-0.2, 0) is 16.6 Å². The molecule has 0 saturated heterocycles. The summed E-state index contributed by atoms with van der Waals surface area (Å²) in [5.41, 5.74) is 4.53. The molecule has 6 nitrogen and oxygen atoms in total. The maximum Gasteiger partial charge on any atom is 0.262 e. The lowest BCUT2D eigenvalue weighted by Crippen LogP contribution is -2.15. The third kappa shape index (κ3) is 4.04. The van der Waals surface area contributed by atoms with Crippen molar-refractivity contribution in [1.82, 2.24) is 9.78 Å². The normalized spacial score (nSPS) is 11.5. The Balaban J connectivity index is 1.92. The van der Waals surface area contributed by atoms with Crippen LogP contribution in [0.3, 0.4) is 0 Å². The van der Waals surface area contributed by atoms with Gasteiger partial charge in [-0.3, -0.25) is 9.40 Å². The standard InChI is InChI=1S/C21H25N3O3S/c1-14-9-10-15(2)20(11-14)28(25,26)23-21-16(3)22-24(17(21)4)13-18-7-6-8-19(12-18)27-5/h6-12,23H,13H2,1-5H3. The van der Waals surface area contributed by atoms with Gasteiger partial charge in [0.25, 0.3) is 10.0 Å². The molecule has 1 heterocycles. The first-order valence-corrected chi connectivity index (χ1v) is 10.5. The summed E-state index contributed by atoms with van der Waals surface area (Å²) in [6.45, 7) is 7.85. The van der Waals surface area contributed by atoms with Crippen LogP contribution in [0.2, 0.25) is 0 Å². The Morgan fingerprint density at radius 3 is 2.54 bits per heavy atom. The summed E-state index contributed by atoms with van der Waals surface area (Å²) in [7, 11) is -2.08. The van der Waals surface area contributed by atoms with Crippen LogP contribution < -0.4 is 9.46 Å². The molecule has 0 fully saturated rings. The number of nitrogens with zero attached hydrogens (tertiary/aromatic N) is 2. The second kappa shape index (κ2) is 7.67. The van der Waals surface area contributed by atoms with E-state index in [1.807, 2.05) is 50.2 Å². The largest absolute Gasteiger partial charge is 0.497 e. The number of sulfonamides is 1. The van der Waals surface area contributed by atoms with Gasteiger partial charge in [0.2, 0.25) is 0 Å². The van der Waals surface area contributed by atoms with Gasteiger partial charge in [-0.05, 0) is 62.6 Å². The monoisotopic (exact) mass is 399 g/mol. The molecule has 3 aromatic rings. The molecule has 0 atom stereocenters. The molecular weight excluding hydrogens is 374 g/mol. The van der Waals surface area contributed by atoms with Crippen molar-refractivity contribution in [2.24, 2.45) is 0 Å². The molecule has 148 valence electrons. The van der Waals surface area contributed by atoms with E-state index in [-0.39, 0.29) is 4.90 Å². The summed E-state index contributed by atoms with van der Waals surface area (Å²) in [4.78, 5) is 0.284. The van der Waals surface area contributed by atoms with Gasteiger partial charge in [-0.25, -0.2) is 8.42 Å². The lowest BCUT2D eigenvalue weighted by Gasteiger charge is -2.12. The summed E-state index contributed by atoms with van der Waals surface area (Å²) in [6.07, 6.45) is 0. The van der Waals surface area contributed by atoms with E-state index in [4.69, 9.17) is 4.74 Å².